The lowest BCUT2D eigenvalue weighted by Crippen LogP contribution is -2.38. The molecule has 0 spiro atoms. The fraction of sp³-hybridized carbons (Fsp3) is 0.583. The highest BCUT2D eigenvalue weighted by Crippen LogP contribution is 2.35. The van der Waals surface area contributed by atoms with Gasteiger partial charge in [0, 0.05) is 18.1 Å². The minimum Gasteiger partial charge on any atom is -0.290 e. The van der Waals surface area contributed by atoms with Crippen LogP contribution in [0.1, 0.15) is 33.1 Å². The van der Waals surface area contributed by atoms with Crippen molar-refractivity contribution in [1.82, 2.24) is 4.90 Å². The topological polar surface area (TPSA) is 3.24 Å². The molecule has 2 fully saturated rings. The van der Waals surface area contributed by atoms with Gasteiger partial charge in [-0.25, -0.2) is 0 Å². The summed E-state index contributed by atoms with van der Waals surface area (Å²) in [6.07, 6.45) is 12.7. The largest absolute Gasteiger partial charge is 0.290 e. The second-order valence-electron chi connectivity index (χ2n) is 4.14. The minimum atomic E-state index is 0.726. The van der Waals surface area contributed by atoms with Gasteiger partial charge in [0.05, 0.1) is 0 Å². The van der Waals surface area contributed by atoms with Gasteiger partial charge in [0.25, 0.3) is 0 Å². The summed E-state index contributed by atoms with van der Waals surface area (Å²) in [5.74, 6) is 0. The summed E-state index contributed by atoms with van der Waals surface area (Å²) in [4.78, 5) is 2.56. The molecule has 0 unspecified atom stereocenters. The predicted molar refractivity (Wildman–Crippen MR) is 55.1 cm³/mol. The SMILES string of the molecule is C[C@@H]1CC[C@@H](C)N1[C]1[CH][CH][CH]C[CH]1. The summed E-state index contributed by atoms with van der Waals surface area (Å²) in [7, 11) is 0. The third-order valence-electron chi connectivity index (χ3n) is 3.12. The van der Waals surface area contributed by atoms with Crippen molar-refractivity contribution in [3.05, 3.63) is 31.7 Å². The van der Waals surface area contributed by atoms with E-state index in [2.05, 4.69) is 44.4 Å². The van der Waals surface area contributed by atoms with Crippen molar-refractivity contribution in [3.8, 4) is 0 Å². The molecule has 2 aliphatic rings. The zero-order valence-electron chi connectivity index (χ0n) is 8.53. The zero-order chi connectivity index (χ0) is 9.26. The molecule has 0 bridgehead atoms. The fourth-order valence-corrected chi connectivity index (χ4v) is 2.40. The summed E-state index contributed by atoms with van der Waals surface area (Å²) in [6, 6.07) is 2.88. The van der Waals surface area contributed by atoms with Crippen LogP contribution in [0, 0.1) is 31.7 Å². The Hall–Kier alpha value is -0.0400. The lowest BCUT2D eigenvalue weighted by Gasteiger charge is -2.35. The van der Waals surface area contributed by atoms with Crippen molar-refractivity contribution in [2.24, 2.45) is 0 Å². The standard InChI is InChI=1S/C12H18N/c1-10-8-9-11(2)13(10)12-6-4-3-5-7-12/h3-4,6-7,10-11H,5,8-9H2,1-2H3/t10-,11-/m1/s1. The van der Waals surface area contributed by atoms with Crippen LogP contribution in [0.4, 0.5) is 0 Å². The molecule has 0 aromatic heterocycles. The van der Waals surface area contributed by atoms with Crippen LogP contribution >= 0.6 is 0 Å². The van der Waals surface area contributed by atoms with Gasteiger partial charge < -0.3 is 0 Å². The molecule has 13 heavy (non-hydrogen) atoms. The molecule has 0 N–H and O–H groups in total. The van der Waals surface area contributed by atoms with E-state index in [1.54, 1.807) is 0 Å². The second-order valence-corrected chi connectivity index (χ2v) is 4.14. The lowest BCUT2D eigenvalue weighted by atomic mass is 9.93. The maximum absolute atomic E-state index is 2.56. The van der Waals surface area contributed by atoms with Crippen LogP contribution in [-0.4, -0.2) is 17.0 Å². The van der Waals surface area contributed by atoms with E-state index in [0.29, 0.717) is 0 Å². The van der Waals surface area contributed by atoms with Gasteiger partial charge >= 0.3 is 0 Å². The first-order valence-electron chi connectivity index (χ1n) is 5.27. The van der Waals surface area contributed by atoms with Crippen LogP contribution in [0.15, 0.2) is 0 Å². The lowest BCUT2D eigenvalue weighted by molar-refractivity contribution is 0.239. The predicted octanol–water partition coefficient (Wildman–Crippen LogP) is 2.61. The van der Waals surface area contributed by atoms with Gasteiger partial charge in [-0.05, 0) is 58.8 Å². The fourth-order valence-electron chi connectivity index (χ4n) is 2.40. The Labute approximate surface area is 82.5 Å². The molecule has 1 saturated carbocycles. The maximum atomic E-state index is 2.56. The van der Waals surface area contributed by atoms with Crippen molar-refractivity contribution in [3.63, 3.8) is 0 Å². The molecule has 1 saturated heterocycles. The van der Waals surface area contributed by atoms with E-state index in [0.717, 1.165) is 18.5 Å². The van der Waals surface area contributed by atoms with E-state index >= 15 is 0 Å². The summed E-state index contributed by atoms with van der Waals surface area (Å²) in [6.45, 7) is 4.66. The third-order valence-corrected chi connectivity index (χ3v) is 3.12. The normalized spacial score (nSPS) is 38.3. The molecule has 0 amide bonds. The van der Waals surface area contributed by atoms with Crippen molar-refractivity contribution in [2.45, 2.75) is 45.2 Å². The Morgan fingerprint density at radius 1 is 1.23 bits per heavy atom. The highest BCUT2D eigenvalue weighted by molar-refractivity contribution is 5.27. The molecule has 0 aromatic rings. The molecular weight excluding hydrogens is 158 g/mol. The summed E-state index contributed by atoms with van der Waals surface area (Å²) >= 11 is 0. The van der Waals surface area contributed by atoms with Gasteiger partial charge in [-0.2, -0.15) is 0 Å². The van der Waals surface area contributed by atoms with Crippen LogP contribution in [0.2, 0.25) is 0 Å². The van der Waals surface area contributed by atoms with E-state index in [1.165, 1.54) is 18.9 Å². The number of rotatable bonds is 1. The van der Waals surface area contributed by atoms with Gasteiger partial charge in [0.2, 0.25) is 0 Å². The molecule has 2 atom stereocenters. The minimum absolute atomic E-state index is 0.726. The second kappa shape index (κ2) is 4.00. The molecule has 1 aliphatic carbocycles. The summed E-state index contributed by atoms with van der Waals surface area (Å²) in [5.41, 5.74) is 0. The van der Waals surface area contributed by atoms with E-state index < -0.39 is 0 Å². The van der Waals surface area contributed by atoms with Crippen LogP contribution < -0.4 is 0 Å². The average molecular weight is 176 g/mol. The third kappa shape index (κ3) is 1.90. The molecule has 2 rings (SSSR count). The summed E-state index contributed by atoms with van der Waals surface area (Å²) < 4.78 is 0. The van der Waals surface area contributed by atoms with Gasteiger partial charge in [0.1, 0.15) is 0 Å². The van der Waals surface area contributed by atoms with E-state index in [-0.39, 0.29) is 0 Å². The zero-order valence-corrected chi connectivity index (χ0v) is 8.53. The number of hydrogen-bond donors (Lipinski definition) is 0. The van der Waals surface area contributed by atoms with Crippen molar-refractivity contribution >= 4 is 0 Å². The van der Waals surface area contributed by atoms with E-state index in [9.17, 15) is 0 Å². The first-order chi connectivity index (χ1) is 6.29. The van der Waals surface area contributed by atoms with Gasteiger partial charge in [0.15, 0.2) is 0 Å². The Balaban J connectivity index is 1.96. The van der Waals surface area contributed by atoms with Crippen molar-refractivity contribution in [1.29, 1.82) is 0 Å². The molecular formula is C12H18N. The molecule has 1 heteroatoms. The first kappa shape index (κ1) is 9.51. The van der Waals surface area contributed by atoms with Crippen LogP contribution in [-0.2, 0) is 0 Å². The van der Waals surface area contributed by atoms with E-state index in [1.807, 2.05) is 0 Å². The molecule has 1 heterocycles. The Bertz CT molecular complexity index is 151. The molecule has 5 radical (unpaired) electrons. The molecule has 71 valence electrons. The summed E-state index contributed by atoms with van der Waals surface area (Å²) in [5, 5.41) is 0. The molecule has 1 aliphatic heterocycles. The smallest absolute Gasteiger partial charge is 0.0470 e. The Kier molecular flexibility index (Phi) is 2.92. The Morgan fingerprint density at radius 3 is 2.46 bits per heavy atom. The Morgan fingerprint density at radius 2 is 1.92 bits per heavy atom. The van der Waals surface area contributed by atoms with Gasteiger partial charge in [-0.3, -0.25) is 4.90 Å². The number of likely N-dealkylation sites (tertiary alicyclic amines) is 1. The number of nitrogens with zero attached hydrogens (tertiary/aromatic N) is 1. The van der Waals surface area contributed by atoms with Crippen molar-refractivity contribution in [2.75, 3.05) is 0 Å². The molecule has 1 nitrogen and oxygen atoms in total. The highest BCUT2D eigenvalue weighted by atomic mass is 15.2. The van der Waals surface area contributed by atoms with Gasteiger partial charge in [-0.1, -0.05) is 0 Å². The van der Waals surface area contributed by atoms with Crippen LogP contribution in [0.5, 0.6) is 0 Å². The average Bonchev–Trinajstić information content (AvgIpc) is 2.48. The van der Waals surface area contributed by atoms with E-state index in [4.69, 9.17) is 0 Å². The maximum Gasteiger partial charge on any atom is 0.0470 e. The van der Waals surface area contributed by atoms with Crippen LogP contribution in [0.25, 0.3) is 0 Å². The molecule has 0 aromatic carbocycles. The van der Waals surface area contributed by atoms with Gasteiger partial charge in [-0.15, -0.1) is 0 Å². The quantitative estimate of drug-likeness (QED) is 0.593. The number of hydrogen-bond acceptors (Lipinski definition) is 1. The first-order valence-corrected chi connectivity index (χ1v) is 5.27. The monoisotopic (exact) mass is 176 g/mol. The van der Waals surface area contributed by atoms with Crippen LogP contribution in [0.3, 0.4) is 0 Å². The van der Waals surface area contributed by atoms with Crippen molar-refractivity contribution < 1.29 is 0 Å². The highest BCUT2D eigenvalue weighted by Gasteiger charge is 2.34.